The van der Waals surface area contributed by atoms with Crippen molar-refractivity contribution < 1.29 is 4.42 Å². The first kappa shape index (κ1) is 50.8. The van der Waals surface area contributed by atoms with Crippen molar-refractivity contribution in [3.05, 3.63) is 147 Å². The van der Waals surface area contributed by atoms with Gasteiger partial charge in [0.2, 0.25) is 0 Å². The fraction of sp³-hybridized carbons (Fsp3) is 0.472. The summed E-state index contributed by atoms with van der Waals surface area (Å²) in [6.45, 7) is 43.7. The van der Waals surface area contributed by atoms with Gasteiger partial charge < -0.3 is 19.1 Å². The molecule has 0 saturated heterocycles. The van der Waals surface area contributed by atoms with Crippen molar-refractivity contribution in [2.75, 3.05) is 14.7 Å². The Labute approximate surface area is 463 Å². The zero-order valence-electron chi connectivity index (χ0n) is 50.2. The van der Waals surface area contributed by atoms with E-state index in [1.54, 1.807) is 5.56 Å². The van der Waals surface area contributed by atoms with Crippen LogP contribution < -0.4 is 31.3 Å². The maximum Gasteiger partial charge on any atom is 0.297 e. The van der Waals surface area contributed by atoms with Gasteiger partial charge in [0.25, 0.3) is 6.71 Å². The van der Waals surface area contributed by atoms with E-state index in [1.807, 2.05) is 0 Å². The van der Waals surface area contributed by atoms with Crippen LogP contribution in [0.3, 0.4) is 0 Å². The molecule has 2 unspecified atom stereocenters. The third kappa shape index (κ3) is 7.15. The number of hydrogen-bond acceptors (Lipinski definition) is 4. The summed E-state index contributed by atoms with van der Waals surface area (Å²) in [5.74, 6) is 0. The maximum absolute atomic E-state index is 7.63. The van der Waals surface area contributed by atoms with E-state index in [0.29, 0.717) is 0 Å². The van der Waals surface area contributed by atoms with Gasteiger partial charge in [0.1, 0.15) is 5.58 Å². The van der Waals surface area contributed by atoms with Gasteiger partial charge in [-0.2, -0.15) is 0 Å². The van der Waals surface area contributed by atoms with Crippen LogP contribution in [0, 0.1) is 13.8 Å². The summed E-state index contributed by atoms with van der Waals surface area (Å²) in [6.07, 6.45) is 9.44. The topological polar surface area (TPSA) is 22.9 Å². The molecule has 0 spiro atoms. The molecule has 0 N–H and O–H groups in total. The van der Waals surface area contributed by atoms with Crippen LogP contribution in [0.25, 0.3) is 11.0 Å². The number of furan rings is 1. The molecule has 0 amide bonds. The third-order valence-corrected chi connectivity index (χ3v) is 21.4. The predicted octanol–water partition coefficient (Wildman–Crippen LogP) is 18.2. The van der Waals surface area contributed by atoms with E-state index in [4.69, 9.17) is 4.42 Å². The van der Waals surface area contributed by atoms with Gasteiger partial charge in [0, 0.05) is 50.6 Å². The number of aryl methyl sites for hydroxylation is 2. The highest BCUT2D eigenvalue weighted by Gasteiger charge is 2.59. The van der Waals surface area contributed by atoms with Crippen LogP contribution in [-0.4, -0.2) is 12.3 Å². The van der Waals surface area contributed by atoms with Gasteiger partial charge in [-0.25, -0.2) is 0 Å². The zero-order valence-corrected chi connectivity index (χ0v) is 50.2. The lowest BCUT2D eigenvalue weighted by atomic mass is 9.35. The van der Waals surface area contributed by atoms with Crippen LogP contribution in [0.4, 0.5) is 45.5 Å². The van der Waals surface area contributed by atoms with Crippen LogP contribution in [0.5, 0.6) is 0 Å². The smallest absolute Gasteiger partial charge is 0.297 e. The standard InChI is InChI=1S/C72H86BN3O/c1-43-35-44(2)61-57(36-43)76(72(18)30-20-19-29-71(61,72)17)49-39-58-62-59(40-49)75(47-24-21-45(22-25-47)65(3,4)5)63-50-37-46(66(6,7)8)23-28-60(50)77-64(63)73(62)55-41-53-54(70(15,16)34-33-69(53,13)14)42-56(55)74(58)48-26-27-51-52(38-48)68(11,12)32-31-67(51,9)10/h21-28,35-42H,19-20,29-34H2,1-18H3. The Morgan fingerprint density at radius 2 is 1.04 bits per heavy atom. The SMILES string of the molecule is Cc1cc(C)c2c(c1)N(c1cc3c4c(c1)N(c1ccc(C(C)(C)C)cc1)c1c(oc5ccc(C(C)(C)C)cc15)B4c1cc4c(cc1N3c1ccc3c(c1)C(C)(C)CCC3(C)C)C(C)(C)CCC4(C)C)C1(C)CCCCC21C. The Bertz CT molecular complexity index is 3640. The van der Waals surface area contributed by atoms with E-state index >= 15 is 0 Å². The maximum atomic E-state index is 7.63. The van der Waals surface area contributed by atoms with Gasteiger partial charge in [0.15, 0.2) is 0 Å². The minimum atomic E-state index is -0.157. The highest BCUT2D eigenvalue weighted by molar-refractivity contribution is 7.00. The summed E-state index contributed by atoms with van der Waals surface area (Å²) in [4.78, 5) is 8.25. The third-order valence-electron chi connectivity index (χ3n) is 21.4. The summed E-state index contributed by atoms with van der Waals surface area (Å²) in [5, 5.41) is 1.18. The summed E-state index contributed by atoms with van der Waals surface area (Å²) in [5.41, 5.74) is 27.5. The molecule has 13 rings (SSSR count). The average Bonchev–Trinajstić information content (AvgIpc) is 4.03. The zero-order chi connectivity index (χ0) is 54.7. The summed E-state index contributed by atoms with van der Waals surface area (Å²) < 4.78 is 7.63. The lowest BCUT2D eigenvalue weighted by Gasteiger charge is -2.51. The molecule has 398 valence electrons. The normalized spacial score (nSPS) is 23.2. The molecule has 1 saturated carbocycles. The van der Waals surface area contributed by atoms with Crippen molar-refractivity contribution in [3.63, 3.8) is 0 Å². The number of anilines is 8. The lowest BCUT2D eigenvalue weighted by molar-refractivity contribution is 0.194. The quantitative estimate of drug-likeness (QED) is 0.165. The summed E-state index contributed by atoms with van der Waals surface area (Å²) in [6, 6.07) is 39.8. The molecule has 4 heterocycles. The Balaban J connectivity index is 1.21. The van der Waals surface area contributed by atoms with Crippen LogP contribution in [0.2, 0.25) is 0 Å². The second-order valence-electron chi connectivity index (χ2n) is 30.4. The van der Waals surface area contributed by atoms with Gasteiger partial charge in [-0.1, -0.05) is 153 Å². The monoisotopic (exact) mass is 1020 g/mol. The van der Waals surface area contributed by atoms with Crippen LogP contribution in [0.1, 0.15) is 212 Å². The van der Waals surface area contributed by atoms with E-state index in [0.717, 1.165) is 42.6 Å². The van der Waals surface area contributed by atoms with E-state index in [2.05, 4.69) is 236 Å². The van der Waals surface area contributed by atoms with Crippen molar-refractivity contribution >= 4 is 79.8 Å². The van der Waals surface area contributed by atoms with Gasteiger partial charge in [-0.15, -0.1) is 0 Å². The lowest BCUT2D eigenvalue weighted by Crippen LogP contribution is -2.61. The van der Waals surface area contributed by atoms with Crippen molar-refractivity contribution in [2.45, 2.75) is 219 Å². The highest BCUT2D eigenvalue weighted by atomic mass is 16.3. The molecule has 3 aliphatic carbocycles. The van der Waals surface area contributed by atoms with Gasteiger partial charge in [-0.3, -0.25) is 0 Å². The van der Waals surface area contributed by atoms with E-state index in [9.17, 15) is 0 Å². The first-order valence-corrected chi connectivity index (χ1v) is 29.7. The van der Waals surface area contributed by atoms with Crippen LogP contribution >= 0.6 is 0 Å². The molecule has 0 bridgehead atoms. The molecule has 6 aromatic carbocycles. The molecule has 3 aliphatic heterocycles. The van der Waals surface area contributed by atoms with Gasteiger partial charge in [-0.05, 0) is 213 Å². The Kier molecular flexibility index (Phi) is 10.6. The van der Waals surface area contributed by atoms with Crippen molar-refractivity contribution in [1.82, 2.24) is 0 Å². The minimum Gasteiger partial charge on any atom is -0.468 e. The molecule has 7 aromatic rings. The average molecular weight is 1020 g/mol. The minimum absolute atomic E-state index is 0.00551. The number of rotatable bonds is 3. The van der Waals surface area contributed by atoms with E-state index in [1.165, 1.54) is 126 Å². The van der Waals surface area contributed by atoms with Crippen molar-refractivity contribution in [2.24, 2.45) is 0 Å². The molecule has 5 heteroatoms. The fourth-order valence-corrected chi connectivity index (χ4v) is 16.3. The number of benzene rings is 6. The van der Waals surface area contributed by atoms with E-state index < -0.39 is 0 Å². The fourth-order valence-electron chi connectivity index (χ4n) is 16.3. The molecule has 4 nitrogen and oxygen atoms in total. The van der Waals surface area contributed by atoms with Gasteiger partial charge >= 0.3 is 0 Å². The molecular formula is C72H86BN3O. The first-order valence-electron chi connectivity index (χ1n) is 29.7. The second-order valence-corrected chi connectivity index (χ2v) is 30.4. The van der Waals surface area contributed by atoms with E-state index in [-0.39, 0.29) is 50.2 Å². The molecule has 77 heavy (non-hydrogen) atoms. The molecule has 6 aliphatic rings. The predicted molar refractivity (Wildman–Crippen MR) is 330 cm³/mol. The van der Waals surface area contributed by atoms with Gasteiger partial charge in [0.05, 0.1) is 16.9 Å². The van der Waals surface area contributed by atoms with Crippen molar-refractivity contribution in [1.29, 1.82) is 0 Å². The Morgan fingerprint density at radius 3 is 1.68 bits per heavy atom. The summed E-state index contributed by atoms with van der Waals surface area (Å²) in [7, 11) is 0. The van der Waals surface area contributed by atoms with Crippen molar-refractivity contribution in [3.8, 4) is 0 Å². The number of nitrogens with zero attached hydrogens (tertiary/aromatic N) is 3. The highest BCUT2D eigenvalue weighted by Crippen LogP contribution is 2.63. The Morgan fingerprint density at radius 1 is 0.481 bits per heavy atom. The number of hydrogen-bond donors (Lipinski definition) is 0. The second kappa shape index (κ2) is 16.0. The summed E-state index contributed by atoms with van der Waals surface area (Å²) >= 11 is 0. The van der Waals surface area contributed by atoms with Crippen LogP contribution in [-0.2, 0) is 37.9 Å². The first-order chi connectivity index (χ1) is 35.9. The molecule has 2 atom stereocenters. The molecule has 1 fully saturated rings. The Hall–Kier alpha value is -5.68. The molecular weight excluding hydrogens is 934 g/mol. The van der Waals surface area contributed by atoms with Crippen LogP contribution in [0.15, 0.2) is 101 Å². The molecule has 0 radical (unpaired) electrons. The largest absolute Gasteiger partial charge is 0.468 e. The number of fused-ring (bicyclic) bond motifs is 11. The molecule has 1 aromatic heterocycles.